The van der Waals surface area contributed by atoms with E-state index in [1.165, 1.54) is 10.1 Å². The zero-order chi connectivity index (χ0) is 23.4. The summed E-state index contributed by atoms with van der Waals surface area (Å²) in [5, 5.41) is 3.30. The van der Waals surface area contributed by atoms with E-state index in [4.69, 9.17) is 0 Å². The van der Waals surface area contributed by atoms with E-state index < -0.39 is 11.2 Å². The fourth-order valence-electron chi connectivity index (χ4n) is 4.03. The van der Waals surface area contributed by atoms with Crippen LogP contribution in [0.1, 0.15) is 75.9 Å². The lowest BCUT2D eigenvalue weighted by Crippen LogP contribution is -2.45. The highest BCUT2D eigenvalue weighted by Crippen LogP contribution is 2.21. The summed E-state index contributed by atoms with van der Waals surface area (Å²) < 4.78 is 1.46. The van der Waals surface area contributed by atoms with Gasteiger partial charge < -0.3 is 5.32 Å². The number of rotatable bonds is 7. The van der Waals surface area contributed by atoms with E-state index in [0.29, 0.717) is 18.7 Å². The third-order valence-electron chi connectivity index (χ3n) is 5.93. The minimum atomic E-state index is -0.568. The molecule has 2 aromatic rings. The zero-order valence-corrected chi connectivity index (χ0v) is 19.8. The Bertz CT molecular complexity index is 1120. The van der Waals surface area contributed by atoms with Gasteiger partial charge >= 0.3 is 5.69 Å². The van der Waals surface area contributed by atoms with Gasteiger partial charge in [0.2, 0.25) is 0 Å². The molecule has 1 aliphatic heterocycles. The summed E-state index contributed by atoms with van der Waals surface area (Å²) in [7, 11) is 0. The predicted molar refractivity (Wildman–Crippen MR) is 127 cm³/mol. The molecule has 8 heteroatoms. The number of nitrogens with one attached hydrogen (secondary N) is 2. The number of likely N-dealkylation sites (tertiary alicyclic amines) is 1. The van der Waals surface area contributed by atoms with Crippen LogP contribution in [-0.4, -0.2) is 51.0 Å². The largest absolute Gasteiger partial charge is 0.349 e. The van der Waals surface area contributed by atoms with Gasteiger partial charge in [0.1, 0.15) is 0 Å². The first-order valence-electron chi connectivity index (χ1n) is 11.6. The first-order chi connectivity index (χ1) is 15.2. The van der Waals surface area contributed by atoms with Crippen molar-refractivity contribution < 1.29 is 4.79 Å². The van der Waals surface area contributed by atoms with Crippen LogP contribution in [0.3, 0.4) is 0 Å². The summed E-state index contributed by atoms with van der Waals surface area (Å²) in [4.78, 5) is 47.8. The molecule has 2 N–H and O–H groups in total. The quantitative estimate of drug-likeness (QED) is 0.644. The van der Waals surface area contributed by atoms with Crippen molar-refractivity contribution in [1.82, 2.24) is 24.8 Å². The van der Waals surface area contributed by atoms with E-state index in [9.17, 15) is 14.4 Å². The van der Waals surface area contributed by atoms with E-state index in [-0.39, 0.29) is 34.5 Å². The lowest BCUT2D eigenvalue weighted by atomic mass is 10.0. The maximum absolute atomic E-state index is 13.3. The molecule has 1 amide bonds. The second-order valence-electron chi connectivity index (χ2n) is 9.19. The molecule has 0 aromatic carbocycles. The number of aryl methyl sites for hydroxylation is 1. The Morgan fingerprint density at radius 1 is 1.28 bits per heavy atom. The predicted octanol–water partition coefficient (Wildman–Crippen LogP) is 2.78. The molecule has 1 fully saturated rings. The highest BCUT2D eigenvalue weighted by molar-refractivity contribution is 6.05. The second kappa shape index (κ2) is 10.3. The van der Waals surface area contributed by atoms with Crippen LogP contribution in [-0.2, 0) is 6.54 Å². The monoisotopic (exact) mass is 441 g/mol. The van der Waals surface area contributed by atoms with Gasteiger partial charge in [0.05, 0.1) is 10.9 Å². The van der Waals surface area contributed by atoms with E-state index in [1.54, 1.807) is 6.07 Å². The first-order valence-corrected chi connectivity index (χ1v) is 11.6. The Kier molecular flexibility index (Phi) is 7.66. The number of allylic oxidation sites excluding steroid dienone is 1. The maximum atomic E-state index is 13.3. The summed E-state index contributed by atoms with van der Waals surface area (Å²) in [5.41, 5.74) is 1.51. The number of carbonyl (C=O) groups is 1. The van der Waals surface area contributed by atoms with Crippen molar-refractivity contribution in [3.63, 3.8) is 0 Å². The highest BCUT2D eigenvalue weighted by atomic mass is 16.2. The average Bonchev–Trinajstić information content (AvgIpc) is 2.75. The number of hydrogen-bond donors (Lipinski definition) is 2. The van der Waals surface area contributed by atoms with Crippen molar-refractivity contribution >= 4 is 16.9 Å². The summed E-state index contributed by atoms with van der Waals surface area (Å²) in [6.07, 6.45) is 4.65. The number of hydrogen-bond acceptors (Lipinski definition) is 5. The van der Waals surface area contributed by atoms with Crippen molar-refractivity contribution in [2.75, 3.05) is 19.6 Å². The van der Waals surface area contributed by atoms with Gasteiger partial charge in [0, 0.05) is 37.9 Å². The summed E-state index contributed by atoms with van der Waals surface area (Å²) in [5.74, 6) is -0.233. The molecule has 0 unspecified atom stereocenters. The van der Waals surface area contributed by atoms with Crippen LogP contribution < -0.4 is 16.6 Å². The van der Waals surface area contributed by atoms with Crippen LogP contribution >= 0.6 is 0 Å². The Morgan fingerprint density at radius 3 is 2.56 bits per heavy atom. The topological polar surface area (TPSA) is 100 Å². The molecule has 174 valence electrons. The Morgan fingerprint density at radius 2 is 1.97 bits per heavy atom. The van der Waals surface area contributed by atoms with Gasteiger partial charge in [-0.05, 0) is 45.1 Å². The number of aromatic amines is 1. The van der Waals surface area contributed by atoms with Gasteiger partial charge in [0.15, 0.2) is 5.65 Å². The van der Waals surface area contributed by atoms with Crippen LogP contribution in [0, 0.1) is 0 Å². The lowest BCUT2D eigenvalue weighted by Gasteiger charge is -2.31. The molecule has 3 rings (SSSR count). The number of nitrogens with zero attached hydrogens (tertiary/aromatic N) is 3. The Labute approximate surface area is 188 Å². The standard InChI is InChI=1S/C24H35N5O3/c1-6-10-29-21-20(23(31)27-24(29)32)18(14-19(26-21)16(4)5)22(30)25-17-8-12-28(13-9-17)11-7-15(2)3/h7,14,16-17H,6,8-13H2,1-5H3,(H,25,30)(H,27,31,32). The molecule has 0 spiro atoms. The van der Waals surface area contributed by atoms with E-state index in [0.717, 1.165) is 32.5 Å². The number of carbonyl (C=O) groups excluding carboxylic acids is 1. The summed E-state index contributed by atoms with van der Waals surface area (Å²) >= 11 is 0. The van der Waals surface area contributed by atoms with Crippen molar-refractivity contribution in [2.45, 2.75) is 72.4 Å². The fraction of sp³-hybridized carbons (Fsp3) is 0.583. The van der Waals surface area contributed by atoms with Gasteiger partial charge in [-0.25, -0.2) is 9.78 Å². The normalized spacial score (nSPS) is 15.3. The van der Waals surface area contributed by atoms with Crippen LogP contribution in [0.15, 0.2) is 27.3 Å². The van der Waals surface area contributed by atoms with Crippen molar-refractivity contribution in [3.05, 3.63) is 49.8 Å². The Balaban J connectivity index is 1.91. The minimum Gasteiger partial charge on any atom is -0.349 e. The van der Waals surface area contributed by atoms with Gasteiger partial charge in [0.25, 0.3) is 11.5 Å². The van der Waals surface area contributed by atoms with Crippen molar-refractivity contribution in [2.24, 2.45) is 0 Å². The molecule has 8 nitrogen and oxygen atoms in total. The zero-order valence-electron chi connectivity index (χ0n) is 19.8. The first kappa shape index (κ1) is 23.9. The number of piperidine rings is 1. The van der Waals surface area contributed by atoms with E-state index in [2.05, 4.69) is 40.1 Å². The van der Waals surface area contributed by atoms with E-state index >= 15 is 0 Å². The number of aromatic nitrogens is 3. The smallest absolute Gasteiger partial charge is 0.329 e. The molecule has 0 saturated carbocycles. The molecule has 0 bridgehead atoms. The number of fused-ring (bicyclic) bond motifs is 1. The molecule has 32 heavy (non-hydrogen) atoms. The summed E-state index contributed by atoms with van der Waals surface area (Å²) in [6.45, 7) is 13.3. The third kappa shape index (κ3) is 5.35. The number of amides is 1. The summed E-state index contributed by atoms with van der Waals surface area (Å²) in [6, 6.07) is 1.75. The van der Waals surface area contributed by atoms with Gasteiger partial charge in [-0.15, -0.1) is 0 Å². The van der Waals surface area contributed by atoms with Gasteiger partial charge in [-0.3, -0.25) is 24.0 Å². The highest BCUT2D eigenvalue weighted by Gasteiger charge is 2.24. The number of H-pyrrole nitrogens is 1. The molecule has 0 atom stereocenters. The Hall–Kier alpha value is -2.74. The second-order valence-corrected chi connectivity index (χ2v) is 9.19. The molecule has 2 aromatic heterocycles. The molecule has 1 aliphatic rings. The number of pyridine rings is 1. The SMILES string of the molecule is CCCn1c(=O)[nH]c(=O)c2c(C(=O)NC3CCN(CC=C(C)C)CC3)cc(C(C)C)nc21. The van der Waals surface area contributed by atoms with Crippen LogP contribution in [0.2, 0.25) is 0 Å². The molecule has 0 aliphatic carbocycles. The minimum absolute atomic E-state index is 0.0498. The molecular formula is C24H35N5O3. The van der Waals surface area contributed by atoms with Crippen LogP contribution in [0.5, 0.6) is 0 Å². The average molecular weight is 442 g/mol. The van der Waals surface area contributed by atoms with Gasteiger partial charge in [-0.2, -0.15) is 0 Å². The molecule has 3 heterocycles. The van der Waals surface area contributed by atoms with Gasteiger partial charge in [-0.1, -0.05) is 32.4 Å². The lowest BCUT2D eigenvalue weighted by molar-refractivity contribution is 0.0915. The van der Waals surface area contributed by atoms with E-state index in [1.807, 2.05) is 20.8 Å². The molecule has 0 radical (unpaired) electrons. The van der Waals surface area contributed by atoms with Crippen molar-refractivity contribution in [1.29, 1.82) is 0 Å². The van der Waals surface area contributed by atoms with Crippen LogP contribution in [0.4, 0.5) is 0 Å². The fourth-order valence-corrected chi connectivity index (χ4v) is 4.03. The van der Waals surface area contributed by atoms with Crippen LogP contribution in [0.25, 0.3) is 11.0 Å². The third-order valence-corrected chi connectivity index (χ3v) is 5.93. The van der Waals surface area contributed by atoms with Crippen molar-refractivity contribution in [3.8, 4) is 0 Å². The molecular weight excluding hydrogens is 406 g/mol. The maximum Gasteiger partial charge on any atom is 0.329 e. The molecule has 1 saturated heterocycles.